The summed E-state index contributed by atoms with van der Waals surface area (Å²) in [6.07, 6.45) is 0.765. The zero-order valence-electron chi connectivity index (χ0n) is 12.6. The Balaban J connectivity index is 2.39. The van der Waals surface area contributed by atoms with Crippen molar-refractivity contribution in [1.82, 2.24) is 9.97 Å². The molecule has 21 heavy (non-hydrogen) atoms. The first-order chi connectivity index (χ1) is 10.1. The van der Waals surface area contributed by atoms with E-state index >= 15 is 0 Å². The van der Waals surface area contributed by atoms with Gasteiger partial charge < -0.3 is 15.4 Å². The summed E-state index contributed by atoms with van der Waals surface area (Å²) in [6, 6.07) is 5.58. The fourth-order valence-electron chi connectivity index (χ4n) is 1.92. The molecule has 0 saturated carbocycles. The fraction of sp³-hybridized carbons (Fsp3) is 0.333. The van der Waals surface area contributed by atoms with Crippen LogP contribution < -0.4 is 15.4 Å². The standard InChI is InChI=1S/C15H19ClN4O/c1-5-13-19-14(17-3)8-15(20-13)18-11-6-9(2)10(16)7-12(11)21-4/h6-8H,5H2,1-4H3,(H2,17,18,19,20). The number of ether oxygens (including phenoxy) is 1. The highest BCUT2D eigenvalue weighted by molar-refractivity contribution is 6.31. The summed E-state index contributed by atoms with van der Waals surface area (Å²) in [5.74, 6) is 2.93. The van der Waals surface area contributed by atoms with Gasteiger partial charge in [0.05, 0.1) is 12.8 Å². The maximum atomic E-state index is 6.12. The van der Waals surface area contributed by atoms with E-state index in [0.717, 1.165) is 29.3 Å². The second-order valence-corrected chi connectivity index (χ2v) is 4.99. The molecule has 0 aliphatic carbocycles. The lowest BCUT2D eigenvalue weighted by Gasteiger charge is -2.14. The molecule has 0 fully saturated rings. The molecular weight excluding hydrogens is 288 g/mol. The number of halogens is 1. The minimum atomic E-state index is 0.672. The molecule has 2 rings (SSSR count). The molecule has 0 amide bonds. The van der Waals surface area contributed by atoms with Crippen molar-refractivity contribution in [3.8, 4) is 5.75 Å². The van der Waals surface area contributed by atoms with Crippen molar-refractivity contribution in [3.05, 3.63) is 34.6 Å². The van der Waals surface area contributed by atoms with Crippen molar-refractivity contribution in [2.24, 2.45) is 0 Å². The van der Waals surface area contributed by atoms with Crippen molar-refractivity contribution in [2.45, 2.75) is 20.3 Å². The molecule has 1 heterocycles. The van der Waals surface area contributed by atoms with E-state index in [4.69, 9.17) is 16.3 Å². The number of benzene rings is 1. The highest BCUT2D eigenvalue weighted by atomic mass is 35.5. The van der Waals surface area contributed by atoms with Gasteiger partial charge in [-0.3, -0.25) is 0 Å². The SMILES string of the molecule is CCc1nc(NC)cc(Nc2cc(C)c(Cl)cc2OC)n1. The van der Waals surface area contributed by atoms with Gasteiger partial charge in [0, 0.05) is 30.6 Å². The average molecular weight is 307 g/mol. The maximum absolute atomic E-state index is 6.12. The van der Waals surface area contributed by atoms with Crippen LogP contribution in [-0.4, -0.2) is 24.1 Å². The molecule has 0 aliphatic rings. The summed E-state index contributed by atoms with van der Waals surface area (Å²) in [6.45, 7) is 3.97. The Morgan fingerprint density at radius 1 is 1.19 bits per heavy atom. The van der Waals surface area contributed by atoms with Crippen LogP contribution in [0.3, 0.4) is 0 Å². The van der Waals surface area contributed by atoms with E-state index in [9.17, 15) is 0 Å². The third kappa shape index (κ3) is 3.55. The van der Waals surface area contributed by atoms with Crippen LogP contribution in [0.4, 0.5) is 17.3 Å². The second-order valence-electron chi connectivity index (χ2n) is 4.58. The molecule has 0 saturated heterocycles. The Morgan fingerprint density at radius 3 is 2.52 bits per heavy atom. The summed E-state index contributed by atoms with van der Waals surface area (Å²) in [4.78, 5) is 8.84. The smallest absolute Gasteiger partial charge is 0.143 e. The van der Waals surface area contributed by atoms with Gasteiger partial charge in [0.2, 0.25) is 0 Å². The molecule has 2 aromatic rings. The molecule has 6 heteroatoms. The predicted molar refractivity (Wildman–Crippen MR) is 87.0 cm³/mol. The molecular formula is C15H19ClN4O. The van der Waals surface area contributed by atoms with Gasteiger partial charge in [-0.2, -0.15) is 0 Å². The molecule has 0 bridgehead atoms. The molecule has 1 aromatic carbocycles. The van der Waals surface area contributed by atoms with Crippen molar-refractivity contribution >= 4 is 28.9 Å². The van der Waals surface area contributed by atoms with E-state index in [2.05, 4.69) is 20.6 Å². The number of nitrogens with zero attached hydrogens (tertiary/aromatic N) is 2. The summed E-state index contributed by atoms with van der Waals surface area (Å²) in [5.41, 5.74) is 1.79. The number of nitrogens with one attached hydrogen (secondary N) is 2. The lowest BCUT2D eigenvalue weighted by atomic mass is 10.2. The number of rotatable bonds is 5. The van der Waals surface area contributed by atoms with Crippen LogP contribution in [0.25, 0.3) is 0 Å². The van der Waals surface area contributed by atoms with Crippen molar-refractivity contribution in [2.75, 3.05) is 24.8 Å². The monoisotopic (exact) mass is 306 g/mol. The molecule has 0 spiro atoms. The number of hydrogen-bond donors (Lipinski definition) is 2. The van der Waals surface area contributed by atoms with Crippen molar-refractivity contribution in [1.29, 1.82) is 0 Å². The highest BCUT2D eigenvalue weighted by Gasteiger charge is 2.09. The summed E-state index contributed by atoms with van der Waals surface area (Å²) in [5, 5.41) is 6.97. The van der Waals surface area contributed by atoms with Gasteiger partial charge in [-0.15, -0.1) is 0 Å². The van der Waals surface area contributed by atoms with Gasteiger partial charge in [-0.25, -0.2) is 9.97 Å². The molecule has 0 aliphatic heterocycles. The van der Waals surface area contributed by atoms with Crippen LogP contribution in [0.15, 0.2) is 18.2 Å². The van der Waals surface area contributed by atoms with Crippen LogP contribution in [0.2, 0.25) is 5.02 Å². The Morgan fingerprint density at radius 2 is 1.90 bits per heavy atom. The van der Waals surface area contributed by atoms with Gasteiger partial charge in [0.15, 0.2) is 0 Å². The molecule has 1 aromatic heterocycles. The summed E-state index contributed by atoms with van der Waals surface area (Å²) < 4.78 is 5.36. The predicted octanol–water partition coefficient (Wildman–Crippen LogP) is 3.79. The molecule has 0 radical (unpaired) electrons. The molecule has 0 atom stereocenters. The normalized spacial score (nSPS) is 10.3. The van der Waals surface area contributed by atoms with Crippen molar-refractivity contribution < 1.29 is 4.74 Å². The average Bonchev–Trinajstić information content (AvgIpc) is 2.50. The van der Waals surface area contributed by atoms with Gasteiger partial charge in [0.1, 0.15) is 23.2 Å². The molecule has 5 nitrogen and oxygen atoms in total. The zero-order chi connectivity index (χ0) is 15.4. The number of hydrogen-bond acceptors (Lipinski definition) is 5. The van der Waals surface area contributed by atoms with Crippen LogP contribution in [0.5, 0.6) is 5.75 Å². The summed E-state index contributed by atoms with van der Waals surface area (Å²) in [7, 11) is 3.45. The van der Waals surface area contributed by atoms with Gasteiger partial charge in [-0.1, -0.05) is 18.5 Å². The van der Waals surface area contributed by atoms with E-state index in [1.165, 1.54) is 0 Å². The maximum Gasteiger partial charge on any atom is 0.143 e. The second kappa shape index (κ2) is 6.63. The van der Waals surface area contributed by atoms with Crippen LogP contribution in [0, 0.1) is 6.92 Å². The Kier molecular flexibility index (Phi) is 4.85. The molecule has 0 unspecified atom stereocenters. The molecule has 2 N–H and O–H groups in total. The molecule has 112 valence electrons. The Hall–Kier alpha value is -2.01. The van der Waals surface area contributed by atoms with Crippen LogP contribution in [-0.2, 0) is 6.42 Å². The lowest BCUT2D eigenvalue weighted by Crippen LogP contribution is -2.04. The first kappa shape index (κ1) is 15.4. The van der Waals surface area contributed by atoms with Gasteiger partial charge in [0.25, 0.3) is 0 Å². The van der Waals surface area contributed by atoms with E-state index in [0.29, 0.717) is 16.6 Å². The van der Waals surface area contributed by atoms with Crippen LogP contribution >= 0.6 is 11.6 Å². The zero-order valence-corrected chi connectivity index (χ0v) is 13.4. The van der Waals surface area contributed by atoms with Crippen molar-refractivity contribution in [3.63, 3.8) is 0 Å². The number of aryl methyl sites for hydroxylation is 2. The highest BCUT2D eigenvalue weighted by Crippen LogP contribution is 2.32. The third-order valence-corrected chi connectivity index (χ3v) is 3.50. The van der Waals surface area contributed by atoms with E-state index in [1.54, 1.807) is 13.2 Å². The quantitative estimate of drug-likeness (QED) is 0.880. The largest absolute Gasteiger partial charge is 0.495 e. The van der Waals surface area contributed by atoms with Gasteiger partial charge in [-0.05, 0) is 18.6 Å². The summed E-state index contributed by atoms with van der Waals surface area (Å²) >= 11 is 6.12. The van der Waals surface area contributed by atoms with Crippen LogP contribution in [0.1, 0.15) is 18.3 Å². The van der Waals surface area contributed by atoms with E-state index < -0.39 is 0 Å². The first-order valence-electron chi connectivity index (χ1n) is 6.74. The minimum Gasteiger partial charge on any atom is -0.495 e. The minimum absolute atomic E-state index is 0.672. The first-order valence-corrected chi connectivity index (χ1v) is 7.12. The lowest BCUT2D eigenvalue weighted by molar-refractivity contribution is 0.416. The number of aromatic nitrogens is 2. The Bertz CT molecular complexity index is 624. The topological polar surface area (TPSA) is 59.1 Å². The van der Waals surface area contributed by atoms with E-state index in [1.807, 2.05) is 33.0 Å². The van der Waals surface area contributed by atoms with Gasteiger partial charge >= 0.3 is 0 Å². The third-order valence-electron chi connectivity index (χ3n) is 3.09. The Labute approximate surface area is 129 Å². The van der Waals surface area contributed by atoms with E-state index in [-0.39, 0.29) is 0 Å². The number of anilines is 3. The number of methoxy groups -OCH3 is 1. The fourth-order valence-corrected chi connectivity index (χ4v) is 2.07.